The molecule has 0 radical (unpaired) electrons. The Morgan fingerprint density at radius 1 is 1.53 bits per heavy atom. The summed E-state index contributed by atoms with van der Waals surface area (Å²) < 4.78 is 10.9. The van der Waals surface area contributed by atoms with Crippen LogP contribution >= 0.6 is 11.6 Å². The number of carbonyl (C=O) groups is 1. The van der Waals surface area contributed by atoms with Gasteiger partial charge >= 0.3 is 0 Å². The molecular formula is C14H18ClNO3. The first-order chi connectivity index (χ1) is 9.15. The molecule has 1 fully saturated rings. The van der Waals surface area contributed by atoms with Crippen molar-refractivity contribution in [3.63, 3.8) is 0 Å². The highest BCUT2D eigenvalue weighted by atomic mass is 35.5. The van der Waals surface area contributed by atoms with E-state index in [1.165, 1.54) is 0 Å². The third-order valence-electron chi connectivity index (χ3n) is 3.09. The van der Waals surface area contributed by atoms with Crippen LogP contribution in [0.1, 0.15) is 19.8 Å². The van der Waals surface area contributed by atoms with Gasteiger partial charge in [0, 0.05) is 11.6 Å². The average Bonchev–Trinajstić information content (AvgIpc) is 2.92. The number of rotatable bonds is 5. The summed E-state index contributed by atoms with van der Waals surface area (Å²) in [5.41, 5.74) is 0. The summed E-state index contributed by atoms with van der Waals surface area (Å²) in [4.78, 5) is 11.7. The van der Waals surface area contributed by atoms with Gasteiger partial charge < -0.3 is 14.8 Å². The first-order valence-corrected chi connectivity index (χ1v) is 6.82. The molecule has 5 heteroatoms. The Hall–Kier alpha value is -1.26. The van der Waals surface area contributed by atoms with Crippen LogP contribution in [0.5, 0.6) is 5.75 Å². The summed E-state index contributed by atoms with van der Waals surface area (Å²) in [5, 5.41) is 3.53. The first-order valence-electron chi connectivity index (χ1n) is 6.44. The zero-order chi connectivity index (χ0) is 13.7. The van der Waals surface area contributed by atoms with Gasteiger partial charge in [-0.3, -0.25) is 4.79 Å². The minimum Gasteiger partial charge on any atom is -0.484 e. The van der Waals surface area contributed by atoms with Crippen LogP contribution in [0.4, 0.5) is 0 Å². The molecule has 104 valence electrons. The van der Waals surface area contributed by atoms with Gasteiger partial charge in [-0.1, -0.05) is 11.6 Å². The minimum absolute atomic E-state index is 0.00130. The Labute approximate surface area is 118 Å². The molecule has 1 aromatic rings. The number of halogens is 1. The Morgan fingerprint density at radius 3 is 2.89 bits per heavy atom. The fourth-order valence-electron chi connectivity index (χ4n) is 2.07. The quantitative estimate of drug-likeness (QED) is 0.903. The van der Waals surface area contributed by atoms with Crippen LogP contribution in [-0.4, -0.2) is 31.3 Å². The fraction of sp³-hybridized carbons (Fsp3) is 0.500. The van der Waals surface area contributed by atoms with Crippen molar-refractivity contribution in [1.29, 1.82) is 0 Å². The van der Waals surface area contributed by atoms with Crippen molar-refractivity contribution >= 4 is 17.5 Å². The van der Waals surface area contributed by atoms with Crippen molar-refractivity contribution in [3.05, 3.63) is 29.3 Å². The van der Waals surface area contributed by atoms with Crippen molar-refractivity contribution in [1.82, 2.24) is 5.32 Å². The van der Waals surface area contributed by atoms with Crippen LogP contribution in [0.3, 0.4) is 0 Å². The highest BCUT2D eigenvalue weighted by Gasteiger charge is 2.23. The van der Waals surface area contributed by atoms with Crippen LogP contribution < -0.4 is 10.1 Å². The molecule has 2 atom stereocenters. The monoisotopic (exact) mass is 283 g/mol. The van der Waals surface area contributed by atoms with Crippen molar-refractivity contribution in [2.24, 2.45) is 0 Å². The summed E-state index contributed by atoms with van der Waals surface area (Å²) in [6.45, 7) is 2.74. The Bertz CT molecular complexity index is 415. The van der Waals surface area contributed by atoms with E-state index < -0.39 is 0 Å². The maximum absolute atomic E-state index is 11.7. The van der Waals surface area contributed by atoms with Gasteiger partial charge in [0.1, 0.15) is 5.75 Å². The standard InChI is InChI=1S/C14H18ClNO3/c1-10(13-3-2-8-18-13)16-14(17)9-19-12-6-4-11(15)5-7-12/h4-7,10,13H,2-3,8-9H2,1H3,(H,16,17)/t10-,13-/m1/s1. The largest absolute Gasteiger partial charge is 0.484 e. The van der Waals surface area contributed by atoms with E-state index in [0.29, 0.717) is 10.8 Å². The molecule has 1 aliphatic rings. The number of amides is 1. The van der Waals surface area contributed by atoms with E-state index in [-0.39, 0.29) is 24.7 Å². The molecule has 2 rings (SSSR count). The van der Waals surface area contributed by atoms with Gasteiger partial charge in [0.05, 0.1) is 12.1 Å². The van der Waals surface area contributed by atoms with Crippen molar-refractivity contribution in [2.45, 2.75) is 31.9 Å². The molecular weight excluding hydrogens is 266 g/mol. The molecule has 1 N–H and O–H groups in total. The third-order valence-corrected chi connectivity index (χ3v) is 3.35. The molecule has 0 aromatic heterocycles. The van der Waals surface area contributed by atoms with Crippen LogP contribution in [-0.2, 0) is 9.53 Å². The SMILES string of the molecule is C[C@@H](NC(=O)COc1ccc(Cl)cc1)[C@H]1CCCO1. The Morgan fingerprint density at radius 2 is 2.26 bits per heavy atom. The Balaban J connectivity index is 1.73. The maximum atomic E-state index is 11.7. The van der Waals surface area contributed by atoms with Gasteiger partial charge in [0.25, 0.3) is 5.91 Å². The lowest BCUT2D eigenvalue weighted by atomic mass is 10.1. The van der Waals surface area contributed by atoms with Crippen LogP contribution in [0.15, 0.2) is 24.3 Å². The van der Waals surface area contributed by atoms with Gasteiger partial charge in [-0.05, 0) is 44.0 Å². The molecule has 0 saturated carbocycles. The van der Waals surface area contributed by atoms with Crippen LogP contribution in [0.2, 0.25) is 5.02 Å². The molecule has 19 heavy (non-hydrogen) atoms. The predicted molar refractivity (Wildman–Crippen MR) is 73.5 cm³/mol. The molecule has 1 amide bonds. The maximum Gasteiger partial charge on any atom is 0.258 e. The van der Waals surface area contributed by atoms with Crippen LogP contribution in [0.25, 0.3) is 0 Å². The van der Waals surface area contributed by atoms with Crippen molar-refractivity contribution in [3.8, 4) is 5.75 Å². The molecule has 1 heterocycles. The number of nitrogens with one attached hydrogen (secondary N) is 1. The second-order valence-electron chi connectivity index (χ2n) is 4.65. The summed E-state index contributed by atoms with van der Waals surface area (Å²) in [7, 11) is 0. The zero-order valence-corrected chi connectivity index (χ0v) is 11.7. The molecule has 0 aliphatic carbocycles. The van der Waals surface area contributed by atoms with E-state index in [9.17, 15) is 4.79 Å². The summed E-state index contributed by atoms with van der Waals surface area (Å²) in [6.07, 6.45) is 2.19. The highest BCUT2D eigenvalue weighted by molar-refractivity contribution is 6.30. The van der Waals surface area contributed by atoms with Gasteiger partial charge in [-0.15, -0.1) is 0 Å². The van der Waals surface area contributed by atoms with Gasteiger partial charge in [-0.2, -0.15) is 0 Å². The van der Waals surface area contributed by atoms with Crippen molar-refractivity contribution in [2.75, 3.05) is 13.2 Å². The number of benzene rings is 1. The second kappa shape index (κ2) is 6.78. The molecule has 1 aromatic carbocycles. The number of ether oxygens (including phenoxy) is 2. The lowest BCUT2D eigenvalue weighted by Crippen LogP contribution is -2.42. The molecule has 1 aliphatic heterocycles. The van der Waals surface area contributed by atoms with Gasteiger partial charge in [0.2, 0.25) is 0 Å². The van der Waals surface area contributed by atoms with Crippen molar-refractivity contribution < 1.29 is 14.3 Å². The fourth-order valence-corrected chi connectivity index (χ4v) is 2.19. The average molecular weight is 284 g/mol. The minimum atomic E-state index is -0.141. The van der Waals surface area contributed by atoms with Gasteiger partial charge in [0.15, 0.2) is 6.61 Å². The van der Waals surface area contributed by atoms with E-state index in [0.717, 1.165) is 19.4 Å². The normalized spacial score (nSPS) is 20.0. The first kappa shape index (κ1) is 14.2. The lowest BCUT2D eigenvalue weighted by Gasteiger charge is -2.20. The Kier molecular flexibility index (Phi) is 5.05. The van der Waals surface area contributed by atoms with E-state index in [1.807, 2.05) is 6.92 Å². The van der Waals surface area contributed by atoms with Gasteiger partial charge in [-0.25, -0.2) is 0 Å². The lowest BCUT2D eigenvalue weighted by molar-refractivity contribution is -0.124. The number of carbonyl (C=O) groups excluding carboxylic acids is 1. The predicted octanol–water partition coefficient (Wildman–Crippen LogP) is 2.40. The summed E-state index contributed by atoms with van der Waals surface area (Å²) >= 11 is 5.77. The molecule has 1 saturated heterocycles. The van der Waals surface area contributed by atoms with E-state index >= 15 is 0 Å². The zero-order valence-electron chi connectivity index (χ0n) is 10.9. The molecule has 0 unspecified atom stereocenters. The second-order valence-corrected chi connectivity index (χ2v) is 5.09. The van der Waals surface area contributed by atoms with E-state index in [2.05, 4.69) is 5.32 Å². The highest BCUT2D eigenvalue weighted by Crippen LogP contribution is 2.16. The topological polar surface area (TPSA) is 47.6 Å². The third kappa shape index (κ3) is 4.40. The molecule has 0 bridgehead atoms. The summed E-state index contributed by atoms with van der Waals surface area (Å²) in [5.74, 6) is 0.488. The molecule has 4 nitrogen and oxygen atoms in total. The molecule has 0 spiro atoms. The van der Waals surface area contributed by atoms with E-state index in [1.54, 1.807) is 24.3 Å². The number of hydrogen-bond acceptors (Lipinski definition) is 3. The van der Waals surface area contributed by atoms with Crippen LogP contribution in [0, 0.1) is 0 Å². The van der Waals surface area contributed by atoms with E-state index in [4.69, 9.17) is 21.1 Å². The number of hydrogen-bond donors (Lipinski definition) is 1. The summed E-state index contributed by atoms with van der Waals surface area (Å²) in [6, 6.07) is 6.94. The smallest absolute Gasteiger partial charge is 0.258 e.